The SMILES string of the molecule is C[C@@H](CO)NCC1CCCCC1. The van der Waals surface area contributed by atoms with E-state index in [0.717, 1.165) is 12.5 Å². The zero-order valence-electron chi connectivity index (χ0n) is 8.05. The average Bonchev–Trinajstić information content (AvgIpc) is 2.16. The molecular formula is C10H21NO. The van der Waals surface area contributed by atoms with Gasteiger partial charge in [0.25, 0.3) is 0 Å². The number of hydrogen-bond acceptors (Lipinski definition) is 2. The third kappa shape index (κ3) is 3.55. The highest BCUT2D eigenvalue weighted by Gasteiger charge is 2.13. The number of aliphatic hydroxyl groups excluding tert-OH is 1. The Labute approximate surface area is 75.4 Å². The van der Waals surface area contributed by atoms with Crippen molar-refractivity contribution in [3.05, 3.63) is 0 Å². The van der Waals surface area contributed by atoms with Gasteiger partial charge in [0.1, 0.15) is 0 Å². The molecule has 0 unspecified atom stereocenters. The fourth-order valence-electron chi connectivity index (χ4n) is 1.82. The molecule has 0 heterocycles. The average molecular weight is 171 g/mol. The molecule has 0 aliphatic heterocycles. The third-order valence-electron chi connectivity index (χ3n) is 2.75. The first-order valence-corrected chi connectivity index (χ1v) is 5.17. The highest BCUT2D eigenvalue weighted by atomic mass is 16.3. The lowest BCUT2D eigenvalue weighted by Gasteiger charge is -2.23. The van der Waals surface area contributed by atoms with Crippen LogP contribution in [0.15, 0.2) is 0 Å². The minimum atomic E-state index is 0.257. The van der Waals surface area contributed by atoms with E-state index in [-0.39, 0.29) is 12.6 Å². The molecule has 12 heavy (non-hydrogen) atoms. The van der Waals surface area contributed by atoms with Crippen molar-refractivity contribution in [2.24, 2.45) is 5.92 Å². The molecule has 2 N–H and O–H groups in total. The van der Waals surface area contributed by atoms with E-state index in [4.69, 9.17) is 5.11 Å². The molecule has 72 valence electrons. The standard InChI is InChI=1S/C10H21NO/c1-9(8-12)11-7-10-5-3-2-4-6-10/h9-12H,2-8H2,1H3/t9-/m0/s1. The van der Waals surface area contributed by atoms with Crippen molar-refractivity contribution in [3.8, 4) is 0 Å². The lowest BCUT2D eigenvalue weighted by atomic mass is 9.89. The highest BCUT2D eigenvalue weighted by Crippen LogP contribution is 2.22. The molecule has 2 nitrogen and oxygen atoms in total. The molecule has 0 amide bonds. The van der Waals surface area contributed by atoms with Crippen LogP contribution in [0.4, 0.5) is 0 Å². The Morgan fingerprint density at radius 2 is 2.00 bits per heavy atom. The van der Waals surface area contributed by atoms with Gasteiger partial charge in [0, 0.05) is 6.04 Å². The molecule has 2 heteroatoms. The first-order valence-electron chi connectivity index (χ1n) is 5.17. The highest BCUT2D eigenvalue weighted by molar-refractivity contribution is 4.69. The quantitative estimate of drug-likeness (QED) is 0.672. The second-order valence-electron chi connectivity index (χ2n) is 4.00. The van der Waals surface area contributed by atoms with Gasteiger partial charge < -0.3 is 10.4 Å². The number of nitrogens with one attached hydrogen (secondary N) is 1. The first-order chi connectivity index (χ1) is 5.83. The van der Waals surface area contributed by atoms with Crippen LogP contribution in [0.5, 0.6) is 0 Å². The van der Waals surface area contributed by atoms with Crippen molar-refractivity contribution >= 4 is 0 Å². The summed E-state index contributed by atoms with van der Waals surface area (Å²) in [5.74, 6) is 0.868. The van der Waals surface area contributed by atoms with E-state index in [1.165, 1.54) is 32.1 Å². The van der Waals surface area contributed by atoms with Gasteiger partial charge in [-0.3, -0.25) is 0 Å². The molecular weight excluding hydrogens is 150 g/mol. The summed E-state index contributed by atoms with van der Waals surface area (Å²) in [7, 11) is 0. The zero-order valence-corrected chi connectivity index (χ0v) is 8.05. The zero-order chi connectivity index (χ0) is 8.81. The maximum atomic E-state index is 8.80. The van der Waals surface area contributed by atoms with Gasteiger partial charge in [-0.15, -0.1) is 0 Å². The summed E-state index contributed by atoms with van der Waals surface area (Å²) in [4.78, 5) is 0. The number of rotatable bonds is 4. The van der Waals surface area contributed by atoms with Crippen molar-refractivity contribution in [2.45, 2.75) is 45.1 Å². The normalized spacial score (nSPS) is 22.5. The topological polar surface area (TPSA) is 32.3 Å². The molecule has 0 aromatic carbocycles. The van der Waals surface area contributed by atoms with Gasteiger partial charge in [-0.2, -0.15) is 0 Å². The van der Waals surface area contributed by atoms with Crippen molar-refractivity contribution < 1.29 is 5.11 Å². The Morgan fingerprint density at radius 1 is 1.33 bits per heavy atom. The monoisotopic (exact) mass is 171 g/mol. The van der Waals surface area contributed by atoms with Crippen molar-refractivity contribution in [2.75, 3.05) is 13.2 Å². The Morgan fingerprint density at radius 3 is 2.58 bits per heavy atom. The molecule has 0 aromatic rings. The largest absolute Gasteiger partial charge is 0.395 e. The third-order valence-corrected chi connectivity index (χ3v) is 2.75. The summed E-state index contributed by atoms with van der Waals surface area (Å²) in [6.45, 7) is 3.39. The fourth-order valence-corrected chi connectivity index (χ4v) is 1.82. The van der Waals surface area contributed by atoms with E-state index >= 15 is 0 Å². The minimum Gasteiger partial charge on any atom is -0.395 e. The predicted octanol–water partition coefficient (Wildman–Crippen LogP) is 1.54. The molecule has 0 radical (unpaired) electrons. The first kappa shape index (κ1) is 10.0. The van der Waals surface area contributed by atoms with Gasteiger partial charge in [-0.05, 0) is 32.2 Å². The molecule has 1 aliphatic carbocycles. The van der Waals surface area contributed by atoms with E-state index in [2.05, 4.69) is 5.32 Å². The molecule has 1 aliphatic rings. The van der Waals surface area contributed by atoms with Crippen molar-refractivity contribution in [3.63, 3.8) is 0 Å². The Balaban J connectivity index is 2.05. The van der Waals surface area contributed by atoms with Gasteiger partial charge in [0.15, 0.2) is 0 Å². The maximum absolute atomic E-state index is 8.80. The summed E-state index contributed by atoms with van der Waals surface area (Å²) >= 11 is 0. The van der Waals surface area contributed by atoms with Gasteiger partial charge in [-0.25, -0.2) is 0 Å². The van der Waals surface area contributed by atoms with Crippen molar-refractivity contribution in [1.82, 2.24) is 5.32 Å². The smallest absolute Gasteiger partial charge is 0.0581 e. The van der Waals surface area contributed by atoms with Gasteiger partial charge >= 0.3 is 0 Å². The summed E-state index contributed by atoms with van der Waals surface area (Å²) in [5, 5.41) is 12.2. The lowest BCUT2D eigenvalue weighted by molar-refractivity contribution is 0.238. The van der Waals surface area contributed by atoms with E-state index in [9.17, 15) is 0 Å². The molecule has 0 bridgehead atoms. The molecule has 0 aromatic heterocycles. The summed E-state index contributed by atoms with van der Waals surface area (Å²) in [6, 6.07) is 0.270. The van der Waals surface area contributed by atoms with E-state index < -0.39 is 0 Å². The van der Waals surface area contributed by atoms with Gasteiger partial charge in [0.05, 0.1) is 6.61 Å². The summed E-state index contributed by atoms with van der Waals surface area (Å²) in [5.41, 5.74) is 0. The van der Waals surface area contributed by atoms with Crippen LogP contribution in [0.3, 0.4) is 0 Å². The van der Waals surface area contributed by atoms with E-state index in [0.29, 0.717) is 0 Å². The Bertz CT molecular complexity index is 110. The molecule has 0 spiro atoms. The summed E-state index contributed by atoms with van der Waals surface area (Å²) in [6.07, 6.45) is 6.99. The molecule has 1 atom stereocenters. The Kier molecular flexibility index (Phi) is 4.62. The van der Waals surface area contributed by atoms with Crippen LogP contribution in [0.1, 0.15) is 39.0 Å². The van der Waals surface area contributed by atoms with E-state index in [1.807, 2.05) is 6.92 Å². The molecule has 0 saturated heterocycles. The van der Waals surface area contributed by atoms with Crippen LogP contribution in [-0.4, -0.2) is 24.3 Å². The predicted molar refractivity (Wildman–Crippen MR) is 51.1 cm³/mol. The van der Waals surface area contributed by atoms with Crippen LogP contribution in [0.2, 0.25) is 0 Å². The number of hydrogen-bond donors (Lipinski definition) is 2. The molecule has 1 saturated carbocycles. The summed E-state index contributed by atoms with van der Waals surface area (Å²) < 4.78 is 0. The van der Waals surface area contributed by atoms with Crippen LogP contribution in [0, 0.1) is 5.92 Å². The molecule has 1 rings (SSSR count). The molecule has 1 fully saturated rings. The van der Waals surface area contributed by atoms with Crippen LogP contribution in [0.25, 0.3) is 0 Å². The minimum absolute atomic E-state index is 0.257. The second kappa shape index (κ2) is 5.55. The van der Waals surface area contributed by atoms with Crippen LogP contribution >= 0.6 is 0 Å². The lowest BCUT2D eigenvalue weighted by Crippen LogP contribution is -2.34. The number of aliphatic hydroxyl groups is 1. The van der Waals surface area contributed by atoms with Crippen molar-refractivity contribution in [1.29, 1.82) is 0 Å². The van der Waals surface area contributed by atoms with Crippen LogP contribution < -0.4 is 5.32 Å². The second-order valence-corrected chi connectivity index (χ2v) is 4.00. The fraction of sp³-hybridized carbons (Fsp3) is 1.00. The maximum Gasteiger partial charge on any atom is 0.0581 e. The van der Waals surface area contributed by atoms with Gasteiger partial charge in [-0.1, -0.05) is 19.3 Å². The Hall–Kier alpha value is -0.0800. The van der Waals surface area contributed by atoms with Gasteiger partial charge in [0.2, 0.25) is 0 Å². The van der Waals surface area contributed by atoms with Crippen LogP contribution in [-0.2, 0) is 0 Å². The van der Waals surface area contributed by atoms with E-state index in [1.54, 1.807) is 0 Å².